The van der Waals surface area contributed by atoms with Crippen molar-refractivity contribution in [1.29, 1.82) is 0 Å². The molecule has 2 saturated carbocycles. The number of carbonyl (C=O) groups is 1. The van der Waals surface area contributed by atoms with Gasteiger partial charge in [0.2, 0.25) is 0 Å². The zero-order valence-electron chi connectivity index (χ0n) is 18.2. The van der Waals surface area contributed by atoms with Gasteiger partial charge in [-0.2, -0.15) is 0 Å². The number of fused-ring (bicyclic) bond motifs is 2. The van der Waals surface area contributed by atoms with Crippen LogP contribution in [0.15, 0.2) is 12.2 Å². The van der Waals surface area contributed by atoms with Crippen molar-refractivity contribution in [3.63, 3.8) is 0 Å². The molecule has 2 aliphatic heterocycles. The monoisotopic (exact) mass is 422 g/mol. The summed E-state index contributed by atoms with van der Waals surface area (Å²) in [7, 11) is 1.30. The molecule has 5 rings (SSSR count). The zero-order chi connectivity index (χ0) is 21.5. The van der Waals surface area contributed by atoms with E-state index >= 15 is 0 Å². The molecule has 7 heteroatoms. The standard InChI is InChI=1S/C23H34O7/c1-5-28-16-10-14-22-11-29-23(14,20(26)27-4)19(25)17(24)18(22)21(3)8-6-7-12(2)13(21)9-15(22)30-16/h6-7,12-19,24-25H,5,8-11H2,1-4H3/t12-,13+,14-,15-,16+,17+,18-,19+,21+,22-,23+/m1/s1. The van der Waals surface area contributed by atoms with Crippen LogP contribution < -0.4 is 0 Å². The second-order valence-electron chi connectivity index (χ2n) is 10.2. The van der Waals surface area contributed by atoms with Crippen LogP contribution in [0.25, 0.3) is 0 Å². The highest BCUT2D eigenvalue weighted by atomic mass is 16.7. The van der Waals surface area contributed by atoms with Crippen LogP contribution in [0.3, 0.4) is 0 Å². The van der Waals surface area contributed by atoms with Gasteiger partial charge in [-0.15, -0.1) is 0 Å². The second kappa shape index (κ2) is 6.75. The van der Waals surface area contributed by atoms with Gasteiger partial charge in [0, 0.05) is 30.3 Å². The van der Waals surface area contributed by atoms with E-state index in [1.54, 1.807) is 0 Å². The van der Waals surface area contributed by atoms with Gasteiger partial charge in [0.05, 0.1) is 25.9 Å². The van der Waals surface area contributed by atoms with Crippen LogP contribution in [0, 0.1) is 34.5 Å². The first kappa shape index (κ1) is 20.9. The summed E-state index contributed by atoms with van der Waals surface area (Å²) in [6.07, 6.45) is 3.42. The minimum Gasteiger partial charge on any atom is -0.467 e. The van der Waals surface area contributed by atoms with E-state index in [2.05, 4.69) is 26.0 Å². The number of methoxy groups -OCH3 is 1. The molecular formula is C23H34O7. The number of carbonyl (C=O) groups excluding carboxylic acids is 1. The van der Waals surface area contributed by atoms with Crippen molar-refractivity contribution in [2.75, 3.05) is 20.3 Å². The molecule has 2 N–H and O–H groups in total. The maximum atomic E-state index is 13.0. The molecule has 168 valence electrons. The Morgan fingerprint density at radius 3 is 2.77 bits per heavy atom. The summed E-state index contributed by atoms with van der Waals surface area (Å²) in [4.78, 5) is 13.0. The number of hydrogen-bond donors (Lipinski definition) is 2. The lowest BCUT2D eigenvalue weighted by Gasteiger charge is -2.68. The van der Waals surface area contributed by atoms with Gasteiger partial charge in [0.15, 0.2) is 11.9 Å². The molecule has 2 saturated heterocycles. The quantitative estimate of drug-likeness (QED) is 0.528. The highest BCUT2D eigenvalue weighted by molar-refractivity contribution is 5.82. The molecule has 30 heavy (non-hydrogen) atoms. The first-order chi connectivity index (χ1) is 14.3. The molecule has 0 aromatic heterocycles. The van der Waals surface area contributed by atoms with E-state index in [4.69, 9.17) is 18.9 Å². The SMILES string of the molecule is CCO[C@@H]1C[C@H]2[C@]3(C(=O)OC)OC[C@@]24[C@H]([C@H](O)[C@@H]3O)[C@@]2(C)CC=C[C@@H](C)[C@@H]2C[C@H]4O1. The Bertz CT molecular complexity index is 754. The van der Waals surface area contributed by atoms with Gasteiger partial charge in [-0.05, 0) is 37.0 Å². The van der Waals surface area contributed by atoms with Crippen LogP contribution in [0.1, 0.15) is 40.0 Å². The Morgan fingerprint density at radius 1 is 1.30 bits per heavy atom. The predicted octanol–water partition coefficient (Wildman–Crippen LogP) is 1.66. The number of ether oxygens (including phenoxy) is 4. The Hall–Kier alpha value is -0.990. The van der Waals surface area contributed by atoms with Crippen molar-refractivity contribution < 1.29 is 34.0 Å². The third-order valence-corrected chi connectivity index (χ3v) is 9.27. The normalized spacial score (nSPS) is 56.2. The summed E-state index contributed by atoms with van der Waals surface area (Å²) in [5, 5.41) is 22.9. The molecule has 11 atom stereocenters. The minimum absolute atomic E-state index is 0.210. The van der Waals surface area contributed by atoms with Gasteiger partial charge in [-0.3, -0.25) is 0 Å². The molecular weight excluding hydrogens is 388 g/mol. The summed E-state index contributed by atoms with van der Waals surface area (Å²) in [6, 6.07) is 0. The summed E-state index contributed by atoms with van der Waals surface area (Å²) >= 11 is 0. The molecule has 5 aliphatic rings. The van der Waals surface area contributed by atoms with Crippen LogP contribution in [-0.4, -0.2) is 66.7 Å². The molecule has 0 aromatic carbocycles. The molecule has 0 radical (unpaired) electrons. The van der Waals surface area contributed by atoms with Crippen LogP contribution in [0.4, 0.5) is 0 Å². The van der Waals surface area contributed by atoms with Crippen LogP contribution in [-0.2, 0) is 23.7 Å². The van der Waals surface area contributed by atoms with Crippen molar-refractivity contribution in [1.82, 2.24) is 0 Å². The van der Waals surface area contributed by atoms with E-state index < -0.39 is 35.5 Å². The van der Waals surface area contributed by atoms with Crippen molar-refractivity contribution in [2.45, 2.75) is 70.2 Å². The maximum absolute atomic E-state index is 13.0. The molecule has 7 nitrogen and oxygen atoms in total. The van der Waals surface area contributed by atoms with Gasteiger partial charge >= 0.3 is 5.97 Å². The average molecular weight is 423 g/mol. The third kappa shape index (κ3) is 2.26. The zero-order valence-corrected chi connectivity index (χ0v) is 18.2. The number of aliphatic hydroxyl groups excluding tert-OH is 2. The number of aliphatic hydroxyl groups is 2. The van der Waals surface area contributed by atoms with Crippen LogP contribution >= 0.6 is 0 Å². The second-order valence-corrected chi connectivity index (χ2v) is 10.2. The molecule has 2 bridgehead atoms. The Balaban J connectivity index is 1.69. The Labute approximate surface area is 177 Å². The summed E-state index contributed by atoms with van der Waals surface area (Å²) in [5.41, 5.74) is -2.36. The van der Waals surface area contributed by atoms with E-state index in [9.17, 15) is 15.0 Å². The highest BCUT2D eigenvalue weighted by Gasteiger charge is 2.81. The molecule has 4 fully saturated rings. The van der Waals surface area contributed by atoms with Gasteiger partial charge < -0.3 is 29.2 Å². The minimum atomic E-state index is -1.58. The fourth-order valence-electron chi connectivity index (χ4n) is 8.22. The molecule has 1 spiro atoms. The van der Waals surface area contributed by atoms with Crippen molar-refractivity contribution in [3.8, 4) is 0 Å². The lowest BCUT2D eigenvalue weighted by atomic mass is 9.38. The Morgan fingerprint density at radius 2 is 2.07 bits per heavy atom. The first-order valence-electron chi connectivity index (χ1n) is 11.3. The summed E-state index contributed by atoms with van der Waals surface area (Å²) in [6.45, 7) is 7.14. The van der Waals surface area contributed by atoms with Gasteiger partial charge in [-0.1, -0.05) is 26.0 Å². The van der Waals surface area contributed by atoms with Gasteiger partial charge in [0.25, 0.3) is 0 Å². The molecule has 2 heterocycles. The van der Waals surface area contributed by atoms with Crippen LogP contribution in [0.5, 0.6) is 0 Å². The fraction of sp³-hybridized carbons (Fsp3) is 0.870. The third-order valence-electron chi connectivity index (χ3n) is 9.27. The fourth-order valence-corrected chi connectivity index (χ4v) is 8.22. The van der Waals surface area contributed by atoms with Crippen LogP contribution in [0.2, 0.25) is 0 Å². The highest BCUT2D eigenvalue weighted by Crippen LogP contribution is 2.72. The number of hydrogen-bond acceptors (Lipinski definition) is 7. The van der Waals surface area contributed by atoms with Gasteiger partial charge in [0.1, 0.15) is 6.10 Å². The van der Waals surface area contributed by atoms with E-state index in [1.807, 2.05) is 6.92 Å². The molecule has 0 amide bonds. The van der Waals surface area contributed by atoms with E-state index in [1.165, 1.54) is 7.11 Å². The number of allylic oxidation sites excluding steroid dienone is 2. The number of rotatable bonds is 3. The molecule has 3 aliphatic carbocycles. The van der Waals surface area contributed by atoms with Crippen molar-refractivity contribution in [3.05, 3.63) is 12.2 Å². The van der Waals surface area contributed by atoms with Gasteiger partial charge in [-0.25, -0.2) is 4.79 Å². The van der Waals surface area contributed by atoms with E-state index in [0.29, 0.717) is 24.9 Å². The topological polar surface area (TPSA) is 94.5 Å². The predicted molar refractivity (Wildman–Crippen MR) is 106 cm³/mol. The maximum Gasteiger partial charge on any atom is 0.341 e. The number of esters is 1. The van der Waals surface area contributed by atoms with E-state index in [-0.39, 0.29) is 30.0 Å². The van der Waals surface area contributed by atoms with Crippen molar-refractivity contribution >= 4 is 5.97 Å². The largest absolute Gasteiger partial charge is 0.467 e. The summed E-state index contributed by atoms with van der Waals surface area (Å²) < 4.78 is 23.7. The lowest BCUT2D eigenvalue weighted by Crippen LogP contribution is -2.76. The van der Waals surface area contributed by atoms with Crippen molar-refractivity contribution in [2.24, 2.45) is 34.5 Å². The Kier molecular flexibility index (Phi) is 4.70. The summed E-state index contributed by atoms with van der Waals surface area (Å²) in [5.74, 6) is -0.555. The first-order valence-corrected chi connectivity index (χ1v) is 11.3. The molecule has 0 aromatic rings. The average Bonchev–Trinajstić information content (AvgIpc) is 3.00. The lowest BCUT2D eigenvalue weighted by molar-refractivity contribution is -0.328. The molecule has 0 unspecified atom stereocenters. The smallest absolute Gasteiger partial charge is 0.341 e. The van der Waals surface area contributed by atoms with E-state index in [0.717, 1.165) is 12.8 Å².